The third-order valence-corrected chi connectivity index (χ3v) is 3.93. The summed E-state index contributed by atoms with van der Waals surface area (Å²) in [4.78, 5) is 12.2. The van der Waals surface area contributed by atoms with Gasteiger partial charge in [-0.05, 0) is 56.5 Å². The number of aryl methyl sites for hydroxylation is 2. The molecule has 0 aliphatic heterocycles. The van der Waals surface area contributed by atoms with Gasteiger partial charge in [0.2, 0.25) is 5.91 Å². The second kappa shape index (κ2) is 8.56. The van der Waals surface area contributed by atoms with Crippen LogP contribution in [0.3, 0.4) is 0 Å². The molecule has 2 aromatic rings. The zero-order valence-electron chi connectivity index (χ0n) is 15.7. The summed E-state index contributed by atoms with van der Waals surface area (Å²) in [5.74, 6) is 1.39. The lowest BCUT2D eigenvalue weighted by Gasteiger charge is -2.15. The number of hydrogen-bond donors (Lipinski definition) is 1. The van der Waals surface area contributed by atoms with Crippen LogP contribution in [0.5, 0.6) is 11.5 Å². The molecule has 134 valence electrons. The highest BCUT2D eigenvalue weighted by Gasteiger charge is 2.09. The van der Waals surface area contributed by atoms with Crippen LogP contribution in [0.25, 0.3) is 0 Å². The van der Waals surface area contributed by atoms with Crippen molar-refractivity contribution in [2.24, 2.45) is 0 Å². The van der Waals surface area contributed by atoms with E-state index in [2.05, 4.69) is 18.3 Å². The van der Waals surface area contributed by atoms with Gasteiger partial charge < -0.3 is 14.8 Å². The molecule has 0 saturated heterocycles. The SMILES string of the molecule is COc1cc(CNC(=O)Cc2ccc(C)cc2C)ccc1OC(C)C. The van der Waals surface area contributed by atoms with Gasteiger partial charge >= 0.3 is 0 Å². The van der Waals surface area contributed by atoms with E-state index in [1.807, 2.05) is 51.1 Å². The van der Waals surface area contributed by atoms with Crippen LogP contribution in [0.15, 0.2) is 36.4 Å². The molecule has 1 N–H and O–H groups in total. The van der Waals surface area contributed by atoms with Gasteiger partial charge in [-0.15, -0.1) is 0 Å². The van der Waals surface area contributed by atoms with Crippen molar-refractivity contribution in [2.75, 3.05) is 7.11 Å². The van der Waals surface area contributed by atoms with Crippen molar-refractivity contribution >= 4 is 5.91 Å². The van der Waals surface area contributed by atoms with E-state index < -0.39 is 0 Å². The Morgan fingerprint density at radius 3 is 2.48 bits per heavy atom. The summed E-state index contributed by atoms with van der Waals surface area (Å²) >= 11 is 0. The maximum absolute atomic E-state index is 12.2. The molecule has 0 heterocycles. The number of nitrogens with one attached hydrogen (secondary N) is 1. The van der Waals surface area contributed by atoms with Gasteiger partial charge in [-0.2, -0.15) is 0 Å². The van der Waals surface area contributed by atoms with E-state index in [0.29, 0.717) is 24.5 Å². The first-order valence-corrected chi connectivity index (χ1v) is 8.55. The molecule has 0 spiro atoms. The van der Waals surface area contributed by atoms with E-state index in [1.165, 1.54) is 5.56 Å². The Balaban J connectivity index is 1.97. The average molecular weight is 341 g/mol. The predicted octanol–water partition coefficient (Wildman–Crippen LogP) is 3.96. The van der Waals surface area contributed by atoms with Crippen molar-refractivity contribution < 1.29 is 14.3 Å². The maximum Gasteiger partial charge on any atom is 0.224 e. The van der Waals surface area contributed by atoms with E-state index in [-0.39, 0.29) is 12.0 Å². The maximum atomic E-state index is 12.2. The first kappa shape index (κ1) is 18.8. The molecule has 0 atom stereocenters. The standard InChI is InChI=1S/C21H27NO3/c1-14(2)25-19-9-7-17(11-20(19)24-5)13-22-21(23)12-18-8-6-15(3)10-16(18)4/h6-11,14H,12-13H2,1-5H3,(H,22,23). The van der Waals surface area contributed by atoms with Gasteiger partial charge in [0, 0.05) is 6.54 Å². The van der Waals surface area contributed by atoms with Crippen molar-refractivity contribution in [1.29, 1.82) is 0 Å². The third-order valence-electron chi connectivity index (χ3n) is 3.93. The molecule has 0 radical (unpaired) electrons. The average Bonchev–Trinajstić information content (AvgIpc) is 2.56. The minimum Gasteiger partial charge on any atom is -0.493 e. The highest BCUT2D eigenvalue weighted by molar-refractivity contribution is 5.79. The van der Waals surface area contributed by atoms with Crippen molar-refractivity contribution in [3.63, 3.8) is 0 Å². The summed E-state index contributed by atoms with van der Waals surface area (Å²) < 4.78 is 11.1. The molecule has 2 rings (SSSR count). The number of rotatable bonds is 7. The Hall–Kier alpha value is -2.49. The monoisotopic (exact) mass is 341 g/mol. The molecule has 0 saturated carbocycles. The normalized spacial score (nSPS) is 10.6. The topological polar surface area (TPSA) is 47.6 Å². The van der Waals surface area contributed by atoms with Crippen LogP contribution in [0.4, 0.5) is 0 Å². The molecule has 2 aromatic carbocycles. The van der Waals surface area contributed by atoms with Gasteiger partial charge in [-0.3, -0.25) is 4.79 Å². The Morgan fingerprint density at radius 1 is 1.08 bits per heavy atom. The highest BCUT2D eigenvalue weighted by atomic mass is 16.5. The minimum absolute atomic E-state index is 0.00780. The number of methoxy groups -OCH3 is 1. The third kappa shape index (κ3) is 5.52. The summed E-state index contributed by atoms with van der Waals surface area (Å²) in [7, 11) is 1.62. The number of carbonyl (C=O) groups excluding carboxylic acids is 1. The molecule has 0 unspecified atom stereocenters. The summed E-state index contributed by atoms with van der Waals surface area (Å²) in [6.07, 6.45) is 0.467. The first-order chi connectivity index (χ1) is 11.9. The molecule has 4 heteroatoms. The quantitative estimate of drug-likeness (QED) is 0.829. The molecule has 4 nitrogen and oxygen atoms in total. The molecular weight excluding hydrogens is 314 g/mol. The van der Waals surface area contributed by atoms with Crippen LogP contribution in [0.1, 0.15) is 36.1 Å². The van der Waals surface area contributed by atoms with E-state index in [0.717, 1.165) is 16.7 Å². The molecule has 25 heavy (non-hydrogen) atoms. The molecule has 0 aliphatic carbocycles. The highest BCUT2D eigenvalue weighted by Crippen LogP contribution is 2.28. The minimum atomic E-state index is 0.00780. The second-order valence-corrected chi connectivity index (χ2v) is 6.54. The number of hydrogen-bond acceptors (Lipinski definition) is 3. The lowest BCUT2D eigenvalue weighted by atomic mass is 10.0. The number of ether oxygens (including phenoxy) is 2. The number of benzene rings is 2. The fourth-order valence-corrected chi connectivity index (χ4v) is 2.65. The van der Waals surface area contributed by atoms with Crippen molar-refractivity contribution in [2.45, 2.75) is 46.8 Å². The number of carbonyl (C=O) groups is 1. The summed E-state index contributed by atoms with van der Waals surface area (Å²) in [6.45, 7) is 8.49. The second-order valence-electron chi connectivity index (χ2n) is 6.54. The van der Waals surface area contributed by atoms with Crippen LogP contribution in [0, 0.1) is 13.8 Å². The van der Waals surface area contributed by atoms with E-state index in [1.54, 1.807) is 7.11 Å². The predicted molar refractivity (Wildman–Crippen MR) is 100 cm³/mol. The van der Waals surface area contributed by atoms with Gasteiger partial charge in [-0.1, -0.05) is 29.8 Å². The van der Waals surface area contributed by atoms with E-state index in [9.17, 15) is 4.79 Å². The van der Waals surface area contributed by atoms with Crippen LogP contribution in [0.2, 0.25) is 0 Å². The zero-order chi connectivity index (χ0) is 18.4. The molecule has 0 bridgehead atoms. The van der Waals surface area contributed by atoms with Crippen molar-refractivity contribution in [1.82, 2.24) is 5.32 Å². The smallest absolute Gasteiger partial charge is 0.224 e. The Labute approximate surface area is 150 Å². The summed E-state index contributed by atoms with van der Waals surface area (Å²) in [6, 6.07) is 11.9. The number of amides is 1. The zero-order valence-corrected chi connectivity index (χ0v) is 15.7. The van der Waals surface area contributed by atoms with Gasteiger partial charge in [-0.25, -0.2) is 0 Å². The summed E-state index contributed by atoms with van der Waals surface area (Å²) in [5, 5.41) is 2.97. The van der Waals surface area contributed by atoms with Crippen LogP contribution >= 0.6 is 0 Å². The molecule has 0 fully saturated rings. The van der Waals surface area contributed by atoms with Gasteiger partial charge in [0.1, 0.15) is 0 Å². The first-order valence-electron chi connectivity index (χ1n) is 8.55. The fourth-order valence-electron chi connectivity index (χ4n) is 2.65. The lowest BCUT2D eigenvalue weighted by Crippen LogP contribution is -2.24. The van der Waals surface area contributed by atoms with Gasteiger partial charge in [0.05, 0.1) is 19.6 Å². The van der Waals surface area contributed by atoms with E-state index >= 15 is 0 Å². The fraction of sp³-hybridized carbons (Fsp3) is 0.381. The Kier molecular flexibility index (Phi) is 6.45. The summed E-state index contributed by atoms with van der Waals surface area (Å²) in [5.41, 5.74) is 4.38. The van der Waals surface area contributed by atoms with Crippen LogP contribution in [-0.4, -0.2) is 19.1 Å². The largest absolute Gasteiger partial charge is 0.493 e. The Bertz CT molecular complexity index is 738. The molecule has 0 aliphatic rings. The van der Waals surface area contributed by atoms with Crippen LogP contribution < -0.4 is 14.8 Å². The van der Waals surface area contributed by atoms with Crippen LogP contribution in [-0.2, 0) is 17.8 Å². The molecular formula is C21H27NO3. The van der Waals surface area contributed by atoms with Gasteiger partial charge in [0.15, 0.2) is 11.5 Å². The lowest BCUT2D eigenvalue weighted by molar-refractivity contribution is -0.120. The van der Waals surface area contributed by atoms with E-state index in [4.69, 9.17) is 9.47 Å². The van der Waals surface area contributed by atoms with Crippen molar-refractivity contribution in [3.8, 4) is 11.5 Å². The Morgan fingerprint density at radius 2 is 1.84 bits per heavy atom. The molecule has 1 amide bonds. The van der Waals surface area contributed by atoms with Gasteiger partial charge in [0.25, 0.3) is 0 Å². The molecule has 0 aromatic heterocycles. The van der Waals surface area contributed by atoms with Crippen molar-refractivity contribution in [3.05, 3.63) is 58.7 Å².